The van der Waals surface area contributed by atoms with Crippen LogP contribution in [0, 0.1) is 25.5 Å². The van der Waals surface area contributed by atoms with Crippen molar-refractivity contribution in [1.82, 2.24) is 0 Å². The number of halogens is 3. The lowest BCUT2D eigenvalue weighted by Gasteiger charge is -2.16. The number of nitrogens with two attached hydrogens (primary N) is 1. The van der Waals surface area contributed by atoms with Crippen LogP contribution in [0.5, 0.6) is 0 Å². The average molecular weight is 326 g/mol. The van der Waals surface area contributed by atoms with Crippen molar-refractivity contribution in [3.63, 3.8) is 0 Å². The summed E-state index contributed by atoms with van der Waals surface area (Å²) in [7, 11) is 0. The first-order valence-electron chi connectivity index (χ1n) is 5.87. The molecule has 1 unspecified atom stereocenters. The highest BCUT2D eigenvalue weighted by Crippen LogP contribution is 2.30. The monoisotopic (exact) mass is 325 g/mol. The van der Waals surface area contributed by atoms with Gasteiger partial charge in [-0.2, -0.15) is 0 Å². The Morgan fingerprint density at radius 2 is 1.68 bits per heavy atom. The summed E-state index contributed by atoms with van der Waals surface area (Å²) < 4.78 is 28.3. The fourth-order valence-electron chi connectivity index (χ4n) is 1.95. The van der Waals surface area contributed by atoms with Crippen molar-refractivity contribution in [2.45, 2.75) is 19.9 Å². The Labute approximate surface area is 119 Å². The molecule has 0 spiro atoms. The topological polar surface area (TPSA) is 26.0 Å². The average Bonchev–Trinajstić information content (AvgIpc) is 2.33. The van der Waals surface area contributed by atoms with Gasteiger partial charge in [-0.05, 0) is 48.7 Å². The minimum Gasteiger partial charge on any atom is -0.320 e. The largest absolute Gasteiger partial charge is 0.320 e. The number of hydrogen-bond donors (Lipinski definition) is 1. The molecule has 100 valence electrons. The molecule has 2 N–H and O–H groups in total. The third-order valence-corrected chi connectivity index (χ3v) is 3.79. The zero-order valence-corrected chi connectivity index (χ0v) is 12.3. The van der Waals surface area contributed by atoms with Crippen LogP contribution in [0.1, 0.15) is 28.3 Å². The van der Waals surface area contributed by atoms with Crippen molar-refractivity contribution in [2.75, 3.05) is 0 Å². The van der Waals surface area contributed by atoms with Gasteiger partial charge in [0.05, 0.1) is 6.04 Å². The Kier molecular flexibility index (Phi) is 4.02. The molecule has 0 saturated carbocycles. The van der Waals surface area contributed by atoms with E-state index >= 15 is 0 Å². The smallest absolute Gasteiger partial charge is 0.128 e. The molecule has 2 aromatic rings. The summed E-state index contributed by atoms with van der Waals surface area (Å²) in [6, 6.07) is 7.25. The van der Waals surface area contributed by atoms with E-state index in [9.17, 15) is 8.78 Å². The van der Waals surface area contributed by atoms with Crippen LogP contribution in [0.4, 0.5) is 8.78 Å². The number of aryl methyl sites for hydroxylation is 2. The Morgan fingerprint density at radius 1 is 1.00 bits per heavy atom. The zero-order chi connectivity index (χ0) is 14.2. The molecule has 0 radical (unpaired) electrons. The van der Waals surface area contributed by atoms with E-state index in [0.717, 1.165) is 15.6 Å². The van der Waals surface area contributed by atoms with Gasteiger partial charge in [0.15, 0.2) is 0 Å². The molecule has 0 aliphatic carbocycles. The summed E-state index contributed by atoms with van der Waals surface area (Å²) in [6.07, 6.45) is 0. The maximum Gasteiger partial charge on any atom is 0.128 e. The number of benzene rings is 2. The normalized spacial score (nSPS) is 12.5. The van der Waals surface area contributed by atoms with Crippen LogP contribution in [0.2, 0.25) is 0 Å². The van der Waals surface area contributed by atoms with Crippen molar-refractivity contribution in [3.8, 4) is 0 Å². The van der Waals surface area contributed by atoms with Crippen LogP contribution >= 0.6 is 15.9 Å². The number of hydrogen-bond acceptors (Lipinski definition) is 1. The molecule has 0 bridgehead atoms. The fraction of sp³-hybridized carbons (Fsp3) is 0.200. The Hall–Kier alpha value is -1.26. The third-order valence-electron chi connectivity index (χ3n) is 3.10. The summed E-state index contributed by atoms with van der Waals surface area (Å²) in [5.41, 5.74) is 8.28. The van der Waals surface area contributed by atoms with Gasteiger partial charge in [0.2, 0.25) is 0 Å². The first-order valence-corrected chi connectivity index (χ1v) is 6.66. The van der Waals surface area contributed by atoms with E-state index in [1.54, 1.807) is 0 Å². The summed E-state index contributed by atoms with van der Waals surface area (Å²) in [6.45, 7) is 3.47. The van der Waals surface area contributed by atoms with Crippen LogP contribution in [-0.4, -0.2) is 0 Å². The van der Waals surface area contributed by atoms with Crippen molar-refractivity contribution < 1.29 is 8.78 Å². The van der Waals surface area contributed by atoms with E-state index in [-0.39, 0.29) is 11.1 Å². The molecule has 0 fully saturated rings. The van der Waals surface area contributed by atoms with Crippen LogP contribution < -0.4 is 5.73 Å². The minimum absolute atomic E-state index is 0.160. The maximum absolute atomic E-state index is 13.9. The fourth-order valence-corrected chi connectivity index (χ4v) is 2.69. The molecule has 2 aromatic carbocycles. The van der Waals surface area contributed by atoms with Gasteiger partial charge in [-0.3, -0.25) is 0 Å². The van der Waals surface area contributed by atoms with Gasteiger partial charge in [0.25, 0.3) is 0 Å². The molecule has 1 atom stereocenters. The molecular formula is C15H14BrF2N. The second-order valence-corrected chi connectivity index (χ2v) is 5.48. The van der Waals surface area contributed by atoms with Gasteiger partial charge in [-0.15, -0.1) is 0 Å². The lowest BCUT2D eigenvalue weighted by atomic mass is 9.97. The summed E-state index contributed by atoms with van der Waals surface area (Å²) in [4.78, 5) is 0. The number of rotatable bonds is 2. The van der Waals surface area contributed by atoms with Gasteiger partial charge in [0.1, 0.15) is 11.6 Å². The van der Waals surface area contributed by atoms with E-state index in [0.29, 0.717) is 0 Å². The molecule has 0 heterocycles. The lowest BCUT2D eigenvalue weighted by molar-refractivity contribution is 0.570. The third kappa shape index (κ3) is 2.85. The summed E-state index contributed by atoms with van der Waals surface area (Å²) >= 11 is 3.41. The van der Waals surface area contributed by atoms with Gasteiger partial charge < -0.3 is 5.73 Å². The van der Waals surface area contributed by atoms with Crippen LogP contribution in [0.25, 0.3) is 0 Å². The predicted molar refractivity (Wildman–Crippen MR) is 76.0 cm³/mol. The second-order valence-electron chi connectivity index (χ2n) is 4.63. The quantitative estimate of drug-likeness (QED) is 0.870. The van der Waals surface area contributed by atoms with Gasteiger partial charge in [-0.25, -0.2) is 8.78 Å². The first kappa shape index (κ1) is 14.2. The highest BCUT2D eigenvalue weighted by atomic mass is 79.9. The molecule has 2 rings (SSSR count). The SMILES string of the molecule is Cc1ccc(C(N)c2cc(F)c(C)cc2F)c(Br)c1. The molecule has 0 saturated heterocycles. The van der Waals surface area contributed by atoms with Gasteiger partial charge in [-0.1, -0.05) is 28.1 Å². The molecular weight excluding hydrogens is 312 g/mol. The van der Waals surface area contributed by atoms with Crippen LogP contribution in [0.3, 0.4) is 0 Å². The van der Waals surface area contributed by atoms with E-state index in [1.807, 2.05) is 25.1 Å². The van der Waals surface area contributed by atoms with E-state index in [4.69, 9.17) is 5.73 Å². The van der Waals surface area contributed by atoms with Gasteiger partial charge in [0, 0.05) is 10.0 Å². The van der Waals surface area contributed by atoms with E-state index in [1.165, 1.54) is 19.1 Å². The molecule has 0 aliphatic heterocycles. The Morgan fingerprint density at radius 3 is 2.32 bits per heavy atom. The summed E-state index contributed by atoms with van der Waals surface area (Å²) in [5.74, 6) is -0.936. The minimum atomic E-state index is -0.704. The maximum atomic E-state index is 13.9. The molecule has 0 aliphatic rings. The molecule has 0 amide bonds. The van der Waals surface area contributed by atoms with Gasteiger partial charge >= 0.3 is 0 Å². The van der Waals surface area contributed by atoms with E-state index in [2.05, 4.69) is 15.9 Å². The Bertz CT molecular complexity index is 626. The van der Waals surface area contributed by atoms with Crippen molar-refractivity contribution in [1.29, 1.82) is 0 Å². The molecule has 1 nitrogen and oxygen atoms in total. The summed E-state index contributed by atoms with van der Waals surface area (Å²) in [5, 5.41) is 0. The second kappa shape index (κ2) is 5.39. The first-order chi connectivity index (χ1) is 8.90. The molecule has 4 heteroatoms. The van der Waals surface area contributed by atoms with Crippen LogP contribution in [-0.2, 0) is 0 Å². The van der Waals surface area contributed by atoms with E-state index < -0.39 is 17.7 Å². The molecule has 19 heavy (non-hydrogen) atoms. The van der Waals surface area contributed by atoms with Crippen LogP contribution in [0.15, 0.2) is 34.8 Å². The highest BCUT2D eigenvalue weighted by molar-refractivity contribution is 9.10. The Balaban J connectivity index is 2.49. The zero-order valence-electron chi connectivity index (χ0n) is 10.7. The standard InChI is InChI=1S/C15H14BrF2N/c1-8-3-4-10(12(16)5-8)15(19)11-7-13(17)9(2)6-14(11)18/h3-7,15H,19H2,1-2H3. The molecule has 0 aromatic heterocycles. The lowest BCUT2D eigenvalue weighted by Crippen LogP contribution is -2.15. The highest BCUT2D eigenvalue weighted by Gasteiger charge is 2.18. The van der Waals surface area contributed by atoms with Crippen molar-refractivity contribution in [2.24, 2.45) is 5.73 Å². The van der Waals surface area contributed by atoms with Crippen molar-refractivity contribution >= 4 is 15.9 Å². The van der Waals surface area contributed by atoms with Crippen molar-refractivity contribution in [3.05, 3.63) is 68.7 Å². The predicted octanol–water partition coefficient (Wildman–Crippen LogP) is 4.39.